The lowest BCUT2D eigenvalue weighted by Crippen LogP contribution is -2.78. The maximum Gasteiger partial charge on any atom is 0.265 e. The molecule has 2 aromatic carbocycles. The first-order chi connectivity index (χ1) is 17.3. The number of rotatable bonds is 3. The van der Waals surface area contributed by atoms with E-state index in [0.29, 0.717) is 37.4 Å². The van der Waals surface area contributed by atoms with Crippen LogP contribution in [0.3, 0.4) is 0 Å². The van der Waals surface area contributed by atoms with Crippen LogP contribution in [0.25, 0.3) is 0 Å². The van der Waals surface area contributed by atoms with Crippen molar-refractivity contribution in [3.8, 4) is 17.2 Å². The Kier molecular flexibility index (Phi) is 3.86. The van der Waals surface area contributed by atoms with Crippen LogP contribution in [0.1, 0.15) is 63.9 Å². The number of imide groups is 1. The fraction of sp³-hybridized carbons (Fsp3) is 0.500. The average Bonchev–Trinajstić information content (AvgIpc) is 3.54. The number of carbonyl (C=O) groups is 2. The normalized spacial score (nSPS) is 36.0. The molecule has 3 heterocycles. The summed E-state index contributed by atoms with van der Waals surface area (Å²) in [6.45, 7) is 1.78. The highest BCUT2D eigenvalue weighted by atomic mass is 16.5. The van der Waals surface area contributed by atoms with Crippen LogP contribution >= 0.6 is 0 Å². The molecule has 8 heteroatoms. The summed E-state index contributed by atoms with van der Waals surface area (Å²) >= 11 is 0. The third-order valence-corrected chi connectivity index (χ3v) is 9.99. The number of piperidine rings is 1. The van der Waals surface area contributed by atoms with Gasteiger partial charge in [0.05, 0.1) is 28.2 Å². The van der Waals surface area contributed by atoms with E-state index in [4.69, 9.17) is 4.74 Å². The smallest absolute Gasteiger partial charge is 0.265 e. The van der Waals surface area contributed by atoms with Gasteiger partial charge in [-0.15, -0.1) is 0 Å². The highest BCUT2D eigenvalue weighted by molar-refractivity contribution is 6.22. The molecular formula is C28H28N2O6. The average molecular weight is 489 g/mol. The number of aromatic hydroxyl groups is 2. The van der Waals surface area contributed by atoms with Gasteiger partial charge in [0.25, 0.3) is 11.8 Å². The highest BCUT2D eigenvalue weighted by Gasteiger charge is 2.74. The van der Waals surface area contributed by atoms with Crippen LogP contribution in [-0.4, -0.2) is 73.8 Å². The van der Waals surface area contributed by atoms with Gasteiger partial charge in [0.1, 0.15) is 11.9 Å². The van der Waals surface area contributed by atoms with Crippen LogP contribution in [-0.2, 0) is 11.8 Å². The van der Waals surface area contributed by atoms with E-state index in [9.17, 15) is 24.9 Å². The largest absolute Gasteiger partial charge is 0.507 e. The van der Waals surface area contributed by atoms with Crippen molar-refractivity contribution in [2.75, 3.05) is 13.1 Å². The number of hydrogen-bond acceptors (Lipinski definition) is 7. The predicted octanol–water partition coefficient (Wildman–Crippen LogP) is 2.33. The molecule has 3 fully saturated rings. The molecular weight excluding hydrogens is 460 g/mol. The van der Waals surface area contributed by atoms with Crippen LogP contribution < -0.4 is 4.74 Å². The number of benzene rings is 2. The van der Waals surface area contributed by atoms with Gasteiger partial charge in [-0.05, 0) is 74.8 Å². The van der Waals surface area contributed by atoms with Gasteiger partial charge < -0.3 is 20.1 Å². The molecule has 5 atom stereocenters. The quantitative estimate of drug-likeness (QED) is 0.569. The summed E-state index contributed by atoms with van der Waals surface area (Å²) in [6, 6.07) is 7.45. The van der Waals surface area contributed by atoms with Gasteiger partial charge in [0.2, 0.25) is 0 Å². The summed E-state index contributed by atoms with van der Waals surface area (Å²) in [7, 11) is 0. The topological polar surface area (TPSA) is 111 Å². The Balaban J connectivity index is 1.28. The molecule has 2 unspecified atom stereocenters. The van der Waals surface area contributed by atoms with E-state index in [1.54, 1.807) is 18.2 Å². The van der Waals surface area contributed by atoms with E-state index < -0.39 is 35.0 Å². The van der Waals surface area contributed by atoms with Crippen molar-refractivity contribution in [1.82, 2.24) is 9.80 Å². The molecule has 2 saturated carbocycles. The number of likely N-dealkylation sites (tertiary alicyclic amines) is 1. The van der Waals surface area contributed by atoms with Crippen molar-refractivity contribution >= 4 is 11.8 Å². The summed E-state index contributed by atoms with van der Waals surface area (Å²) in [6.07, 6.45) is 3.95. The summed E-state index contributed by atoms with van der Waals surface area (Å²) < 4.78 is 6.52. The molecule has 3 aliphatic carbocycles. The standard InChI is InChI=1S/C28H28N2O6/c31-18-3-1-2-16-21(18)26(34)30(25(16)33)17-8-9-28(35)20-12-15-6-7-19(32)23-22(15)27(28,24(17)36-23)10-11-29(20)13-14-4-5-14/h1-3,6-7,14,17,20,24,31-32,35H,4-5,8-13H2/t17?,20-,24?,27+,28-/m1/s1. The van der Waals surface area contributed by atoms with E-state index in [1.165, 1.54) is 23.8 Å². The molecule has 2 amide bonds. The summed E-state index contributed by atoms with van der Waals surface area (Å²) in [5.41, 5.74) is 0.245. The Morgan fingerprint density at radius 2 is 1.83 bits per heavy atom. The lowest BCUT2D eigenvalue weighted by molar-refractivity contribution is -0.196. The van der Waals surface area contributed by atoms with Crippen molar-refractivity contribution in [2.45, 2.75) is 67.7 Å². The second-order valence-corrected chi connectivity index (χ2v) is 11.6. The Bertz CT molecular complexity index is 1370. The number of phenolic OH excluding ortho intramolecular Hbond substituents is 2. The maximum atomic E-state index is 13.5. The van der Waals surface area contributed by atoms with Gasteiger partial charge in [-0.3, -0.25) is 19.4 Å². The van der Waals surface area contributed by atoms with Crippen LogP contribution in [0.2, 0.25) is 0 Å². The number of carbonyl (C=O) groups excluding carboxylic acids is 2. The second kappa shape index (κ2) is 6.61. The lowest BCUT2D eigenvalue weighted by Gasteiger charge is -2.64. The number of nitrogens with zero attached hydrogens (tertiary/aromatic N) is 2. The zero-order chi connectivity index (χ0) is 24.6. The molecule has 2 aromatic rings. The first-order valence-electron chi connectivity index (χ1n) is 13.0. The Labute approximate surface area is 208 Å². The number of fused-ring (bicyclic) bond motifs is 1. The molecule has 8 nitrogen and oxygen atoms in total. The SMILES string of the molecule is O=C1c2cccc(O)c2C(=O)N1C1CC[C@@]2(O)[C@H]3Cc4ccc(O)c5c4[C@@]2(CCN3CC2CC2)C1O5. The summed E-state index contributed by atoms with van der Waals surface area (Å²) in [5.74, 6) is -0.0745. The third-order valence-electron chi connectivity index (χ3n) is 9.99. The van der Waals surface area contributed by atoms with Crippen molar-refractivity contribution in [2.24, 2.45) is 5.92 Å². The summed E-state index contributed by atoms with van der Waals surface area (Å²) in [5, 5.41) is 33.8. The molecule has 8 rings (SSSR count). The molecule has 0 aromatic heterocycles. The van der Waals surface area contributed by atoms with Crippen molar-refractivity contribution in [3.05, 3.63) is 52.6 Å². The van der Waals surface area contributed by atoms with Crippen LogP contribution in [0.4, 0.5) is 0 Å². The maximum absolute atomic E-state index is 13.5. The first-order valence-corrected chi connectivity index (χ1v) is 13.0. The van der Waals surface area contributed by atoms with Crippen LogP contribution in [0, 0.1) is 5.92 Å². The minimum Gasteiger partial charge on any atom is -0.507 e. The second-order valence-electron chi connectivity index (χ2n) is 11.6. The molecule has 1 saturated heterocycles. The van der Waals surface area contributed by atoms with E-state index in [1.807, 2.05) is 6.07 Å². The molecule has 2 bridgehead atoms. The van der Waals surface area contributed by atoms with Gasteiger partial charge in [-0.1, -0.05) is 12.1 Å². The summed E-state index contributed by atoms with van der Waals surface area (Å²) in [4.78, 5) is 30.7. The Morgan fingerprint density at radius 1 is 1.00 bits per heavy atom. The Morgan fingerprint density at radius 3 is 2.61 bits per heavy atom. The number of amides is 2. The third kappa shape index (κ3) is 2.29. The van der Waals surface area contributed by atoms with E-state index in [2.05, 4.69) is 4.90 Å². The molecule has 186 valence electrons. The van der Waals surface area contributed by atoms with Crippen molar-refractivity contribution in [1.29, 1.82) is 0 Å². The van der Waals surface area contributed by atoms with Gasteiger partial charge in [-0.2, -0.15) is 0 Å². The molecule has 1 spiro atoms. The predicted molar refractivity (Wildman–Crippen MR) is 127 cm³/mol. The van der Waals surface area contributed by atoms with Crippen LogP contribution in [0.5, 0.6) is 17.2 Å². The molecule has 0 radical (unpaired) electrons. The van der Waals surface area contributed by atoms with E-state index >= 15 is 0 Å². The molecule has 6 aliphatic rings. The van der Waals surface area contributed by atoms with Crippen molar-refractivity contribution in [3.63, 3.8) is 0 Å². The van der Waals surface area contributed by atoms with Gasteiger partial charge in [-0.25, -0.2) is 0 Å². The van der Waals surface area contributed by atoms with E-state index in [0.717, 1.165) is 24.2 Å². The fourth-order valence-corrected chi connectivity index (χ4v) is 8.31. The first kappa shape index (κ1) is 21.0. The Hall–Kier alpha value is -3.10. The zero-order valence-corrected chi connectivity index (χ0v) is 19.8. The number of phenols is 2. The van der Waals surface area contributed by atoms with Gasteiger partial charge >= 0.3 is 0 Å². The number of hydrogen-bond donors (Lipinski definition) is 3. The van der Waals surface area contributed by atoms with Crippen molar-refractivity contribution < 1.29 is 29.6 Å². The monoisotopic (exact) mass is 488 g/mol. The minimum absolute atomic E-state index is 0.0255. The molecule has 36 heavy (non-hydrogen) atoms. The fourth-order valence-electron chi connectivity index (χ4n) is 8.31. The van der Waals surface area contributed by atoms with Gasteiger partial charge in [0, 0.05) is 18.2 Å². The lowest BCUT2D eigenvalue weighted by atomic mass is 9.48. The van der Waals surface area contributed by atoms with Gasteiger partial charge in [0.15, 0.2) is 11.5 Å². The number of aliphatic hydroxyl groups is 1. The highest BCUT2D eigenvalue weighted by Crippen LogP contribution is 2.66. The number of ether oxygens (including phenoxy) is 1. The van der Waals surface area contributed by atoms with Crippen LogP contribution in [0.15, 0.2) is 30.3 Å². The molecule has 3 aliphatic heterocycles. The van der Waals surface area contributed by atoms with E-state index in [-0.39, 0.29) is 28.7 Å². The minimum atomic E-state index is -1.09. The molecule has 3 N–H and O–H groups in total. The zero-order valence-electron chi connectivity index (χ0n) is 19.8.